The van der Waals surface area contributed by atoms with Gasteiger partial charge < -0.3 is 10.1 Å². The second kappa shape index (κ2) is 8.13. The summed E-state index contributed by atoms with van der Waals surface area (Å²) in [6.07, 6.45) is 0.605. The van der Waals surface area contributed by atoms with Crippen LogP contribution < -0.4 is 15.2 Å². The predicted octanol–water partition coefficient (Wildman–Crippen LogP) is 2.01. The van der Waals surface area contributed by atoms with Crippen molar-refractivity contribution in [3.8, 4) is 5.75 Å². The predicted molar refractivity (Wildman–Crippen MR) is 96.2 cm³/mol. The summed E-state index contributed by atoms with van der Waals surface area (Å²) in [6, 6.07) is 11.9. The van der Waals surface area contributed by atoms with Crippen LogP contribution in [0.25, 0.3) is 0 Å². The quantitative estimate of drug-likeness (QED) is 0.736. The summed E-state index contributed by atoms with van der Waals surface area (Å²) >= 11 is 0. The van der Waals surface area contributed by atoms with Crippen LogP contribution in [0.5, 0.6) is 5.75 Å². The minimum absolute atomic E-state index is 0.0598. The van der Waals surface area contributed by atoms with Crippen LogP contribution in [0, 0.1) is 6.92 Å². The molecule has 0 unspecified atom stereocenters. The highest BCUT2D eigenvalue weighted by molar-refractivity contribution is 7.89. The topological polar surface area (TPSA) is 98.5 Å². The molecule has 0 heterocycles. The maximum absolute atomic E-state index is 12.1. The Bertz CT molecular complexity index is 863. The van der Waals surface area contributed by atoms with Gasteiger partial charge in [0.05, 0.1) is 11.4 Å². The Hall–Kier alpha value is -2.38. The third-order valence-electron chi connectivity index (χ3n) is 3.78. The number of carbonyl (C=O) groups excluding carboxylic acids is 1. The Kier molecular flexibility index (Phi) is 6.17. The molecule has 7 heteroatoms. The van der Waals surface area contributed by atoms with Crippen molar-refractivity contribution in [1.29, 1.82) is 0 Å². The first kappa shape index (κ1) is 19.0. The highest BCUT2D eigenvalue weighted by atomic mass is 32.2. The van der Waals surface area contributed by atoms with Gasteiger partial charge in [-0.3, -0.25) is 4.79 Å². The molecular formula is C18H22N2O4S. The smallest absolute Gasteiger partial charge is 0.251 e. The Morgan fingerprint density at radius 1 is 1.20 bits per heavy atom. The van der Waals surface area contributed by atoms with E-state index in [2.05, 4.69) is 5.32 Å². The zero-order valence-electron chi connectivity index (χ0n) is 14.3. The van der Waals surface area contributed by atoms with Gasteiger partial charge in [0, 0.05) is 5.56 Å². The largest absolute Gasteiger partial charge is 0.491 e. The van der Waals surface area contributed by atoms with Crippen molar-refractivity contribution < 1.29 is 17.9 Å². The molecule has 0 bridgehead atoms. The Morgan fingerprint density at radius 3 is 2.56 bits per heavy atom. The van der Waals surface area contributed by atoms with Crippen LogP contribution in [0.4, 0.5) is 0 Å². The van der Waals surface area contributed by atoms with Gasteiger partial charge in [0.1, 0.15) is 12.4 Å². The number of hydrogen-bond donors (Lipinski definition) is 2. The van der Waals surface area contributed by atoms with E-state index in [1.165, 1.54) is 12.1 Å². The molecule has 1 amide bonds. The third kappa shape index (κ3) is 5.04. The highest BCUT2D eigenvalue weighted by Crippen LogP contribution is 2.22. The zero-order valence-corrected chi connectivity index (χ0v) is 15.1. The second-order valence-electron chi connectivity index (χ2n) is 5.59. The van der Waals surface area contributed by atoms with Crippen molar-refractivity contribution in [3.63, 3.8) is 0 Å². The van der Waals surface area contributed by atoms with E-state index in [0.717, 1.165) is 11.1 Å². The summed E-state index contributed by atoms with van der Waals surface area (Å²) in [6.45, 7) is 4.40. The molecule has 0 saturated carbocycles. The first-order chi connectivity index (χ1) is 11.8. The second-order valence-corrected chi connectivity index (χ2v) is 7.15. The molecular weight excluding hydrogens is 340 g/mol. The van der Waals surface area contributed by atoms with Gasteiger partial charge in [-0.2, -0.15) is 0 Å². The molecule has 0 saturated heterocycles. The lowest BCUT2D eigenvalue weighted by Crippen LogP contribution is -2.28. The Morgan fingerprint density at radius 2 is 1.92 bits per heavy atom. The van der Waals surface area contributed by atoms with E-state index in [1.54, 1.807) is 12.1 Å². The van der Waals surface area contributed by atoms with Crippen molar-refractivity contribution in [2.24, 2.45) is 5.14 Å². The maximum Gasteiger partial charge on any atom is 0.251 e. The average molecular weight is 362 g/mol. The average Bonchev–Trinajstić information content (AvgIpc) is 2.58. The summed E-state index contributed by atoms with van der Waals surface area (Å²) < 4.78 is 28.5. The number of aryl methyl sites for hydroxylation is 2. The van der Waals surface area contributed by atoms with Gasteiger partial charge in [-0.1, -0.05) is 25.1 Å². The van der Waals surface area contributed by atoms with E-state index >= 15 is 0 Å². The fourth-order valence-electron chi connectivity index (χ4n) is 2.40. The first-order valence-corrected chi connectivity index (χ1v) is 9.50. The molecule has 6 nitrogen and oxygen atoms in total. The van der Waals surface area contributed by atoms with E-state index in [-0.39, 0.29) is 17.4 Å². The molecule has 0 aromatic heterocycles. The normalized spacial score (nSPS) is 11.2. The number of carbonyl (C=O) groups is 1. The molecule has 3 N–H and O–H groups in total. The summed E-state index contributed by atoms with van der Waals surface area (Å²) in [7, 11) is -3.74. The van der Waals surface area contributed by atoms with Gasteiger partial charge >= 0.3 is 0 Å². The van der Waals surface area contributed by atoms with Gasteiger partial charge in [0.15, 0.2) is 0 Å². The van der Waals surface area contributed by atoms with Crippen LogP contribution in [0.1, 0.15) is 28.4 Å². The van der Waals surface area contributed by atoms with Crippen molar-refractivity contribution in [2.75, 3.05) is 13.2 Å². The molecule has 0 atom stereocenters. The molecule has 25 heavy (non-hydrogen) atoms. The number of nitrogens with one attached hydrogen (secondary N) is 1. The molecule has 0 aliphatic heterocycles. The number of nitrogens with two attached hydrogens (primary N) is 1. The molecule has 2 aromatic rings. The number of rotatable bonds is 7. The Labute approximate surface area is 148 Å². The molecule has 0 aliphatic rings. The van der Waals surface area contributed by atoms with Gasteiger partial charge in [0.25, 0.3) is 5.91 Å². The van der Waals surface area contributed by atoms with Gasteiger partial charge in [-0.15, -0.1) is 0 Å². The summed E-state index contributed by atoms with van der Waals surface area (Å²) in [5.74, 6) is 0.432. The number of amides is 1. The summed E-state index contributed by atoms with van der Waals surface area (Å²) in [5.41, 5.74) is 2.29. The highest BCUT2D eigenvalue weighted by Gasteiger charge is 2.12. The van der Waals surface area contributed by atoms with Crippen molar-refractivity contribution in [2.45, 2.75) is 25.2 Å². The van der Waals surface area contributed by atoms with E-state index < -0.39 is 10.0 Å². The van der Waals surface area contributed by atoms with Crippen molar-refractivity contribution >= 4 is 15.9 Å². The lowest BCUT2D eigenvalue weighted by Gasteiger charge is -2.12. The van der Waals surface area contributed by atoms with Crippen molar-refractivity contribution in [3.05, 3.63) is 59.2 Å². The monoisotopic (exact) mass is 362 g/mol. The lowest BCUT2D eigenvalue weighted by molar-refractivity contribution is 0.0946. The first-order valence-electron chi connectivity index (χ1n) is 7.95. The van der Waals surface area contributed by atoms with Crippen LogP contribution in [0.2, 0.25) is 0 Å². The lowest BCUT2D eigenvalue weighted by atomic mass is 10.1. The van der Waals surface area contributed by atoms with Crippen molar-refractivity contribution in [1.82, 2.24) is 5.32 Å². The van der Waals surface area contributed by atoms with E-state index in [1.807, 2.05) is 32.0 Å². The molecule has 0 fully saturated rings. The minimum Gasteiger partial charge on any atom is -0.491 e. The van der Waals surface area contributed by atoms with E-state index in [4.69, 9.17) is 9.88 Å². The zero-order chi connectivity index (χ0) is 18.4. The van der Waals surface area contributed by atoms with Crippen LogP contribution in [-0.4, -0.2) is 27.5 Å². The third-order valence-corrected chi connectivity index (χ3v) is 4.69. The summed E-state index contributed by atoms with van der Waals surface area (Å²) in [5, 5.41) is 7.94. The van der Waals surface area contributed by atoms with Crippen LogP contribution in [0.15, 0.2) is 47.4 Å². The fraction of sp³-hybridized carbons (Fsp3) is 0.278. The number of ether oxygens (including phenoxy) is 1. The Balaban J connectivity index is 1.94. The molecule has 0 spiro atoms. The van der Waals surface area contributed by atoms with Crippen LogP contribution in [-0.2, 0) is 16.4 Å². The number of primary sulfonamides is 1. The fourth-order valence-corrected chi connectivity index (χ4v) is 2.96. The van der Waals surface area contributed by atoms with Crippen LogP contribution in [0.3, 0.4) is 0 Å². The van der Waals surface area contributed by atoms with Crippen LogP contribution >= 0.6 is 0 Å². The molecule has 2 rings (SSSR count). The number of hydrogen-bond acceptors (Lipinski definition) is 4. The molecule has 134 valence electrons. The summed E-state index contributed by atoms with van der Waals surface area (Å²) in [4.78, 5) is 12.2. The molecule has 0 aliphatic carbocycles. The van der Waals surface area contributed by atoms with Gasteiger partial charge in [-0.05, 0) is 48.7 Å². The molecule has 2 aromatic carbocycles. The minimum atomic E-state index is -3.74. The molecule has 0 radical (unpaired) electrons. The van der Waals surface area contributed by atoms with E-state index in [9.17, 15) is 13.2 Å². The van der Waals surface area contributed by atoms with Gasteiger partial charge in [-0.25, -0.2) is 13.6 Å². The standard InChI is InChI=1S/C18H22N2O4S/c1-3-14-12-15(25(19,22)23)8-9-17(14)24-11-10-20-18(21)16-7-5-4-6-13(16)2/h4-9,12H,3,10-11H2,1-2H3,(H,20,21)(H2,19,22,23). The van der Waals surface area contributed by atoms with Gasteiger partial charge in [0.2, 0.25) is 10.0 Å². The number of sulfonamides is 1. The maximum atomic E-state index is 12.1. The SMILES string of the molecule is CCc1cc(S(N)(=O)=O)ccc1OCCNC(=O)c1ccccc1C. The number of benzene rings is 2. The van der Waals surface area contributed by atoms with E-state index in [0.29, 0.717) is 24.3 Å².